The molecule has 23 heavy (non-hydrogen) atoms. The second-order valence-corrected chi connectivity index (χ2v) is 5.69. The zero-order valence-corrected chi connectivity index (χ0v) is 13.0. The highest BCUT2D eigenvalue weighted by molar-refractivity contribution is 6.04. The van der Waals surface area contributed by atoms with Crippen LogP contribution in [0.25, 0.3) is 0 Å². The third-order valence-electron chi connectivity index (χ3n) is 4.04. The van der Waals surface area contributed by atoms with Gasteiger partial charge >= 0.3 is 5.63 Å². The Morgan fingerprint density at radius 2 is 2.13 bits per heavy atom. The molecule has 0 radical (unpaired) electrons. The van der Waals surface area contributed by atoms with Crippen molar-refractivity contribution >= 4 is 11.7 Å². The fourth-order valence-electron chi connectivity index (χ4n) is 2.83. The number of piperidine rings is 1. The standard InChI is InChI=1S/C17H19N3O3/c1-11-10-13(12-5-8-18-9-6-12)23-17(22)15(11)16(21)20-14-4-2-3-7-19-14/h2-4,7,10,12,18H,5-6,8-9H2,1H3,(H,19,20,21). The van der Waals surface area contributed by atoms with Crippen molar-refractivity contribution in [2.24, 2.45) is 0 Å². The highest BCUT2D eigenvalue weighted by Gasteiger charge is 2.22. The summed E-state index contributed by atoms with van der Waals surface area (Å²) >= 11 is 0. The van der Waals surface area contributed by atoms with Crippen LogP contribution in [0.1, 0.15) is 40.4 Å². The van der Waals surface area contributed by atoms with Crippen LogP contribution < -0.4 is 16.3 Å². The van der Waals surface area contributed by atoms with Crippen molar-refractivity contribution in [3.8, 4) is 0 Å². The average Bonchev–Trinajstić information content (AvgIpc) is 2.56. The Bertz CT molecular complexity index is 749. The van der Waals surface area contributed by atoms with Crippen molar-refractivity contribution in [1.29, 1.82) is 0 Å². The van der Waals surface area contributed by atoms with E-state index in [1.165, 1.54) is 0 Å². The number of carbonyl (C=O) groups is 1. The Kier molecular flexibility index (Phi) is 4.52. The number of pyridine rings is 1. The fourth-order valence-corrected chi connectivity index (χ4v) is 2.83. The lowest BCUT2D eigenvalue weighted by molar-refractivity contribution is 0.102. The largest absolute Gasteiger partial charge is 0.427 e. The summed E-state index contributed by atoms with van der Waals surface area (Å²) in [4.78, 5) is 28.6. The molecule has 1 amide bonds. The van der Waals surface area contributed by atoms with E-state index in [1.54, 1.807) is 31.3 Å². The summed E-state index contributed by atoms with van der Waals surface area (Å²) in [5.41, 5.74) is 0.0727. The molecule has 0 spiro atoms. The fraction of sp³-hybridized carbons (Fsp3) is 0.353. The number of aryl methyl sites for hydroxylation is 1. The summed E-state index contributed by atoms with van der Waals surface area (Å²) in [5.74, 6) is 0.810. The van der Waals surface area contributed by atoms with Gasteiger partial charge in [0, 0.05) is 12.1 Å². The van der Waals surface area contributed by atoms with Gasteiger partial charge in [0.2, 0.25) is 0 Å². The summed E-state index contributed by atoms with van der Waals surface area (Å²) < 4.78 is 5.42. The molecule has 0 aromatic carbocycles. The summed E-state index contributed by atoms with van der Waals surface area (Å²) in [7, 11) is 0. The van der Waals surface area contributed by atoms with E-state index in [0.717, 1.165) is 25.9 Å². The predicted molar refractivity (Wildman–Crippen MR) is 86.7 cm³/mol. The van der Waals surface area contributed by atoms with Crippen molar-refractivity contribution in [3.05, 3.63) is 57.8 Å². The van der Waals surface area contributed by atoms with Crippen molar-refractivity contribution in [2.75, 3.05) is 18.4 Å². The first-order valence-electron chi connectivity index (χ1n) is 7.73. The van der Waals surface area contributed by atoms with Gasteiger partial charge in [0.15, 0.2) is 0 Å². The average molecular weight is 313 g/mol. The van der Waals surface area contributed by atoms with E-state index in [-0.39, 0.29) is 11.5 Å². The predicted octanol–water partition coefficient (Wildman–Crippen LogP) is 2.06. The summed E-state index contributed by atoms with van der Waals surface area (Å²) in [5, 5.41) is 5.90. The van der Waals surface area contributed by atoms with Crippen LogP contribution in [0.15, 0.2) is 39.7 Å². The molecule has 0 unspecified atom stereocenters. The number of anilines is 1. The van der Waals surface area contributed by atoms with Crippen molar-refractivity contribution in [3.63, 3.8) is 0 Å². The number of aromatic nitrogens is 1. The first-order chi connectivity index (χ1) is 11.1. The van der Waals surface area contributed by atoms with Gasteiger partial charge in [-0.05, 0) is 56.6 Å². The molecule has 0 atom stereocenters. The first-order valence-corrected chi connectivity index (χ1v) is 7.73. The second-order valence-electron chi connectivity index (χ2n) is 5.69. The summed E-state index contributed by atoms with van der Waals surface area (Å²) in [6.07, 6.45) is 3.44. The molecule has 2 N–H and O–H groups in total. The van der Waals surface area contributed by atoms with Gasteiger partial charge in [0.1, 0.15) is 17.1 Å². The number of rotatable bonds is 3. The number of hydrogen-bond donors (Lipinski definition) is 2. The Morgan fingerprint density at radius 1 is 1.35 bits per heavy atom. The molecule has 120 valence electrons. The van der Waals surface area contributed by atoms with Gasteiger partial charge < -0.3 is 15.1 Å². The zero-order valence-electron chi connectivity index (χ0n) is 13.0. The molecule has 0 aliphatic carbocycles. The highest BCUT2D eigenvalue weighted by Crippen LogP contribution is 2.25. The Labute approximate surface area is 133 Å². The minimum atomic E-state index is -0.591. The van der Waals surface area contributed by atoms with E-state index in [0.29, 0.717) is 17.1 Å². The van der Waals surface area contributed by atoms with Crippen molar-refractivity contribution in [1.82, 2.24) is 10.3 Å². The number of nitrogens with zero attached hydrogens (tertiary/aromatic N) is 1. The third kappa shape index (κ3) is 3.48. The molecule has 1 aliphatic rings. The second kappa shape index (κ2) is 6.75. The quantitative estimate of drug-likeness (QED) is 0.906. The number of carbonyl (C=O) groups excluding carboxylic acids is 1. The maximum absolute atomic E-state index is 12.3. The summed E-state index contributed by atoms with van der Waals surface area (Å²) in [6.45, 7) is 3.58. The van der Waals surface area contributed by atoms with Gasteiger partial charge in [-0.2, -0.15) is 0 Å². The molecule has 6 heteroatoms. The first kappa shape index (κ1) is 15.4. The molecule has 2 aromatic rings. The number of nitrogens with one attached hydrogen (secondary N) is 2. The van der Waals surface area contributed by atoms with Crippen LogP contribution in [0.3, 0.4) is 0 Å². The molecule has 6 nitrogen and oxygen atoms in total. The minimum Gasteiger partial charge on any atom is -0.427 e. The molecule has 1 fully saturated rings. The van der Waals surface area contributed by atoms with Crippen LogP contribution in [0.5, 0.6) is 0 Å². The van der Waals surface area contributed by atoms with E-state index < -0.39 is 11.5 Å². The van der Waals surface area contributed by atoms with Gasteiger partial charge in [0.25, 0.3) is 5.91 Å². The van der Waals surface area contributed by atoms with Crippen LogP contribution in [-0.2, 0) is 0 Å². The van der Waals surface area contributed by atoms with Crippen LogP contribution in [0.4, 0.5) is 5.82 Å². The molecule has 2 aromatic heterocycles. The lowest BCUT2D eigenvalue weighted by Crippen LogP contribution is -2.28. The van der Waals surface area contributed by atoms with Gasteiger partial charge in [-0.3, -0.25) is 4.79 Å². The molecule has 0 saturated carbocycles. The SMILES string of the molecule is Cc1cc(C2CCNCC2)oc(=O)c1C(=O)Nc1ccccn1. The van der Waals surface area contributed by atoms with Gasteiger partial charge in [-0.15, -0.1) is 0 Å². The minimum absolute atomic E-state index is 0.0355. The van der Waals surface area contributed by atoms with Gasteiger partial charge in [-0.25, -0.2) is 9.78 Å². The monoisotopic (exact) mass is 313 g/mol. The third-order valence-corrected chi connectivity index (χ3v) is 4.04. The zero-order chi connectivity index (χ0) is 16.2. The van der Waals surface area contributed by atoms with E-state index >= 15 is 0 Å². The lowest BCUT2D eigenvalue weighted by Gasteiger charge is -2.21. The Balaban J connectivity index is 1.85. The molecule has 3 heterocycles. The van der Waals surface area contributed by atoms with E-state index in [1.807, 2.05) is 6.07 Å². The molecular weight excluding hydrogens is 294 g/mol. The number of amides is 1. The van der Waals surface area contributed by atoms with Crippen molar-refractivity contribution < 1.29 is 9.21 Å². The highest BCUT2D eigenvalue weighted by atomic mass is 16.4. The van der Waals surface area contributed by atoms with Gasteiger partial charge in [0.05, 0.1) is 0 Å². The molecule has 0 bridgehead atoms. The molecular formula is C17H19N3O3. The topological polar surface area (TPSA) is 84.2 Å². The normalized spacial score (nSPS) is 15.3. The molecule has 1 saturated heterocycles. The maximum Gasteiger partial charge on any atom is 0.349 e. The van der Waals surface area contributed by atoms with E-state index in [9.17, 15) is 9.59 Å². The van der Waals surface area contributed by atoms with Crippen LogP contribution in [0.2, 0.25) is 0 Å². The smallest absolute Gasteiger partial charge is 0.349 e. The summed E-state index contributed by atoms with van der Waals surface area (Å²) in [6, 6.07) is 6.99. The van der Waals surface area contributed by atoms with Crippen LogP contribution >= 0.6 is 0 Å². The van der Waals surface area contributed by atoms with Crippen molar-refractivity contribution in [2.45, 2.75) is 25.7 Å². The van der Waals surface area contributed by atoms with Crippen LogP contribution in [0, 0.1) is 6.92 Å². The Hall–Kier alpha value is -2.47. The van der Waals surface area contributed by atoms with Gasteiger partial charge in [-0.1, -0.05) is 6.07 Å². The van der Waals surface area contributed by atoms with E-state index in [4.69, 9.17) is 4.42 Å². The van der Waals surface area contributed by atoms with E-state index in [2.05, 4.69) is 15.6 Å². The Morgan fingerprint density at radius 3 is 2.78 bits per heavy atom. The van der Waals surface area contributed by atoms with Crippen LogP contribution in [-0.4, -0.2) is 24.0 Å². The molecule has 1 aliphatic heterocycles. The molecule has 3 rings (SSSR count). The lowest BCUT2D eigenvalue weighted by atomic mass is 9.94. The maximum atomic E-state index is 12.3. The number of hydrogen-bond acceptors (Lipinski definition) is 5.